The maximum Gasteiger partial charge on any atom is 0.264 e. The predicted octanol–water partition coefficient (Wildman–Crippen LogP) is 3.05. The van der Waals surface area contributed by atoms with E-state index in [9.17, 15) is 4.79 Å². The van der Waals surface area contributed by atoms with Crippen molar-refractivity contribution in [1.82, 2.24) is 10.3 Å². The van der Waals surface area contributed by atoms with E-state index in [4.69, 9.17) is 14.3 Å². The zero-order valence-electron chi connectivity index (χ0n) is 14.8. The van der Waals surface area contributed by atoms with Crippen LogP contribution in [0.2, 0.25) is 0 Å². The van der Waals surface area contributed by atoms with Crippen LogP contribution in [0.1, 0.15) is 25.3 Å². The van der Waals surface area contributed by atoms with Gasteiger partial charge in [0, 0.05) is 24.7 Å². The number of pyridine rings is 1. The quantitative estimate of drug-likeness (QED) is 0.825. The average Bonchev–Trinajstić information content (AvgIpc) is 3.17. The van der Waals surface area contributed by atoms with Gasteiger partial charge in [0.2, 0.25) is 12.0 Å². The lowest BCUT2D eigenvalue weighted by atomic mass is 10.1. The van der Waals surface area contributed by atoms with Crippen LogP contribution in [0.4, 0.5) is 0 Å². The maximum absolute atomic E-state index is 12.3. The zero-order valence-corrected chi connectivity index (χ0v) is 14.8. The summed E-state index contributed by atoms with van der Waals surface area (Å²) in [6, 6.07) is 11.0. The Labute approximate surface area is 152 Å². The normalized spacial score (nSPS) is 15.8. The molecule has 0 radical (unpaired) electrons. The molecule has 1 N–H and O–H groups in total. The molecule has 7 heteroatoms. The van der Waals surface area contributed by atoms with Crippen molar-refractivity contribution in [2.24, 2.45) is 5.16 Å². The molecular formula is C19H21N3O4. The second-order valence-electron chi connectivity index (χ2n) is 5.75. The molecule has 0 fully saturated rings. The summed E-state index contributed by atoms with van der Waals surface area (Å²) in [6.07, 6.45) is 2.38. The molecule has 2 aromatic rings. The molecule has 3 rings (SSSR count). The molecule has 1 atom stereocenters. The largest absolute Gasteiger partial charge is 0.493 e. The third-order valence-corrected chi connectivity index (χ3v) is 4.01. The lowest BCUT2D eigenvalue weighted by Crippen LogP contribution is -2.34. The van der Waals surface area contributed by atoms with Crippen LogP contribution >= 0.6 is 0 Å². The van der Waals surface area contributed by atoms with Crippen molar-refractivity contribution in [2.75, 3.05) is 7.11 Å². The van der Waals surface area contributed by atoms with Crippen LogP contribution in [0.3, 0.4) is 0 Å². The number of carbonyl (C=O) groups excluding carboxylic acids is 1. The molecule has 1 aromatic heterocycles. The smallest absolute Gasteiger partial charge is 0.264 e. The van der Waals surface area contributed by atoms with E-state index in [0.29, 0.717) is 23.8 Å². The van der Waals surface area contributed by atoms with E-state index in [1.54, 1.807) is 25.4 Å². The number of aromatic nitrogens is 1. The van der Waals surface area contributed by atoms with Gasteiger partial charge < -0.3 is 19.6 Å². The van der Waals surface area contributed by atoms with Crippen LogP contribution < -0.4 is 14.8 Å². The van der Waals surface area contributed by atoms with E-state index in [1.165, 1.54) is 0 Å². The average molecular weight is 355 g/mol. The molecule has 136 valence electrons. The maximum atomic E-state index is 12.3. The Morgan fingerprint density at radius 3 is 2.81 bits per heavy atom. The number of methoxy groups -OCH3 is 1. The van der Waals surface area contributed by atoms with Crippen LogP contribution in [0.15, 0.2) is 47.8 Å². The molecule has 0 saturated heterocycles. The first-order valence-corrected chi connectivity index (χ1v) is 8.45. The molecule has 0 spiro atoms. The van der Waals surface area contributed by atoms with Crippen LogP contribution in [0.5, 0.6) is 17.4 Å². The third-order valence-electron chi connectivity index (χ3n) is 4.01. The van der Waals surface area contributed by atoms with Gasteiger partial charge in [-0.1, -0.05) is 30.3 Å². The first-order valence-electron chi connectivity index (χ1n) is 8.45. The molecule has 26 heavy (non-hydrogen) atoms. The van der Waals surface area contributed by atoms with E-state index in [-0.39, 0.29) is 12.5 Å². The molecule has 7 nitrogen and oxygen atoms in total. The minimum atomic E-state index is -0.569. The van der Waals surface area contributed by atoms with Crippen molar-refractivity contribution in [3.63, 3.8) is 0 Å². The van der Waals surface area contributed by atoms with Crippen molar-refractivity contribution in [1.29, 1.82) is 0 Å². The van der Waals surface area contributed by atoms with Crippen LogP contribution in [0, 0.1) is 0 Å². The molecule has 0 bridgehead atoms. The van der Waals surface area contributed by atoms with Crippen molar-refractivity contribution < 1.29 is 19.1 Å². The molecule has 1 aromatic carbocycles. The number of para-hydroxylation sites is 2. The lowest BCUT2D eigenvalue weighted by molar-refractivity contribution is -0.131. The Hall–Kier alpha value is -3.09. The van der Waals surface area contributed by atoms with Gasteiger partial charge in [0.15, 0.2) is 11.5 Å². The minimum Gasteiger partial charge on any atom is -0.493 e. The summed E-state index contributed by atoms with van der Waals surface area (Å²) < 4.78 is 11.2. The Bertz CT molecular complexity index is 807. The summed E-state index contributed by atoms with van der Waals surface area (Å²) >= 11 is 0. The van der Waals surface area contributed by atoms with Gasteiger partial charge in [0.1, 0.15) is 0 Å². The van der Waals surface area contributed by atoms with E-state index < -0.39 is 6.10 Å². The molecule has 2 heterocycles. The highest BCUT2D eigenvalue weighted by atomic mass is 16.6. The highest BCUT2D eigenvalue weighted by Gasteiger charge is 2.27. The Morgan fingerprint density at radius 1 is 1.27 bits per heavy atom. The van der Waals surface area contributed by atoms with E-state index in [2.05, 4.69) is 15.5 Å². The Balaban J connectivity index is 1.65. The molecule has 1 amide bonds. The number of amides is 1. The Kier molecular flexibility index (Phi) is 5.68. The van der Waals surface area contributed by atoms with Crippen molar-refractivity contribution in [3.05, 3.63) is 48.2 Å². The van der Waals surface area contributed by atoms with Gasteiger partial charge in [-0.2, -0.15) is 0 Å². The fourth-order valence-corrected chi connectivity index (χ4v) is 2.53. The highest BCUT2D eigenvalue weighted by Crippen LogP contribution is 2.31. The van der Waals surface area contributed by atoms with Gasteiger partial charge in [-0.15, -0.1) is 0 Å². The van der Waals surface area contributed by atoms with Crippen molar-refractivity contribution in [3.8, 4) is 17.4 Å². The number of ether oxygens (including phenoxy) is 2. The van der Waals surface area contributed by atoms with Crippen LogP contribution in [0.25, 0.3) is 0 Å². The molecule has 0 aliphatic carbocycles. The molecule has 1 aliphatic heterocycles. The summed E-state index contributed by atoms with van der Waals surface area (Å²) in [7, 11) is 1.58. The van der Waals surface area contributed by atoms with E-state index in [0.717, 1.165) is 17.7 Å². The van der Waals surface area contributed by atoms with Gasteiger partial charge in [0.05, 0.1) is 12.8 Å². The van der Waals surface area contributed by atoms with Gasteiger partial charge >= 0.3 is 0 Å². The topological polar surface area (TPSA) is 82.0 Å². The van der Waals surface area contributed by atoms with Crippen molar-refractivity contribution in [2.45, 2.75) is 32.4 Å². The number of nitrogens with zero attached hydrogens (tertiary/aromatic N) is 2. The summed E-state index contributed by atoms with van der Waals surface area (Å²) in [5.41, 5.74) is 1.65. The number of carbonyl (C=O) groups is 1. The first-order chi connectivity index (χ1) is 12.7. The zero-order chi connectivity index (χ0) is 18.4. The SMILES string of the molecule is CCC1=NO[C@H](C(=O)NCc2cccnc2Oc2ccccc2OC)C1. The number of nitrogens with one attached hydrogen (secondary N) is 1. The molecular weight excluding hydrogens is 334 g/mol. The van der Waals surface area contributed by atoms with Crippen LogP contribution in [-0.2, 0) is 16.2 Å². The van der Waals surface area contributed by atoms with Crippen LogP contribution in [-0.4, -0.2) is 29.8 Å². The summed E-state index contributed by atoms with van der Waals surface area (Å²) in [5, 5.41) is 6.76. The van der Waals surface area contributed by atoms with Gasteiger partial charge in [0.25, 0.3) is 5.91 Å². The van der Waals surface area contributed by atoms with E-state index >= 15 is 0 Å². The number of benzene rings is 1. The number of rotatable bonds is 7. The van der Waals surface area contributed by atoms with Crippen molar-refractivity contribution >= 4 is 11.6 Å². The first kappa shape index (κ1) is 17.7. The predicted molar refractivity (Wildman–Crippen MR) is 96.4 cm³/mol. The van der Waals surface area contributed by atoms with E-state index in [1.807, 2.05) is 31.2 Å². The number of oxime groups is 1. The molecule has 0 saturated carbocycles. The van der Waals surface area contributed by atoms with Gasteiger partial charge in [-0.25, -0.2) is 4.98 Å². The standard InChI is InChI=1S/C19H21N3O4/c1-3-14-11-17(26-22-14)18(23)21-12-13-7-6-10-20-19(13)25-16-9-5-4-8-15(16)24-2/h4-10,17H,3,11-12H2,1-2H3,(H,21,23)/t17-/m0/s1. The highest BCUT2D eigenvalue weighted by molar-refractivity contribution is 5.92. The summed E-state index contributed by atoms with van der Waals surface area (Å²) in [4.78, 5) is 21.7. The monoisotopic (exact) mass is 355 g/mol. The molecule has 0 unspecified atom stereocenters. The number of hydrogen-bond donors (Lipinski definition) is 1. The number of hydrogen-bond acceptors (Lipinski definition) is 6. The lowest BCUT2D eigenvalue weighted by Gasteiger charge is -2.14. The summed E-state index contributed by atoms with van der Waals surface area (Å²) in [5.74, 6) is 1.37. The van der Waals surface area contributed by atoms with Gasteiger partial charge in [-0.05, 0) is 24.6 Å². The van der Waals surface area contributed by atoms with Gasteiger partial charge in [-0.3, -0.25) is 4.79 Å². The fourth-order valence-electron chi connectivity index (χ4n) is 2.53. The molecule has 1 aliphatic rings. The minimum absolute atomic E-state index is 0.204. The third kappa shape index (κ3) is 4.11. The fraction of sp³-hybridized carbons (Fsp3) is 0.316. The second kappa shape index (κ2) is 8.33. The summed E-state index contributed by atoms with van der Waals surface area (Å²) in [6.45, 7) is 2.26. The Morgan fingerprint density at radius 2 is 2.08 bits per heavy atom. The second-order valence-corrected chi connectivity index (χ2v) is 5.75.